The van der Waals surface area contributed by atoms with Crippen LogP contribution in [0.1, 0.15) is 24.0 Å². The van der Waals surface area contributed by atoms with Crippen molar-refractivity contribution >= 4 is 28.3 Å². The maximum Gasteiger partial charge on any atom is 0.146 e. The zero-order valence-corrected chi connectivity index (χ0v) is 21.8. The number of aromatic nitrogens is 4. The van der Waals surface area contributed by atoms with Crippen LogP contribution >= 0.6 is 11.6 Å². The molecule has 0 aliphatic carbocycles. The van der Waals surface area contributed by atoms with E-state index in [1.165, 1.54) is 0 Å². The third-order valence-corrected chi connectivity index (χ3v) is 7.65. The van der Waals surface area contributed by atoms with Crippen molar-refractivity contribution in [1.82, 2.24) is 19.5 Å². The normalized spacial score (nSPS) is 14.3. The first-order valence-corrected chi connectivity index (χ1v) is 13.1. The van der Waals surface area contributed by atoms with Crippen molar-refractivity contribution in [3.05, 3.63) is 89.5 Å². The van der Waals surface area contributed by atoms with Crippen LogP contribution in [0.2, 0.25) is 5.02 Å². The summed E-state index contributed by atoms with van der Waals surface area (Å²) in [5, 5.41) is 22.6. The highest BCUT2D eigenvalue weighted by Crippen LogP contribution is 2.41. The van der Waals surface area contributed by atoms with E-state index >= 15 is 0 Å². The molecule has 0 saturated carbocycles. The Kier molecular flexibility index (Phi) is 6.47. The average Bonchev–Trinajstić information content (AvgIpc) is 3.36. The summed E-state index contributed by atoms with van der Waals surface area (Å²) in [6.45, 7) is 1.46. The molecule has 0 unspecified atom stereocenters. The van der Waals surface area contributed by atoms with Gasteiger partial charge in [0.2, 0.25) is 0 Å². The van der Waals surface area contributed by atoms with E-state index in [9.17, 15) is 10.2 Å². The Hall–Kier alpha value is -3.94. The van der Waals surface area contributed by atoms with Crippen molar-refractivity contribution in [3.63, 3.8) is 0 Å². The minimum Gasteiger partial charge on any atom is -0.505 e. The number of aromatic hydroxyl groups is 1. The summed E-state index contributed by atoms with van der Waals surface area (Å²) in [6.07, 6.45) is 6.75. The van der Waals surface area contributed by atoms with Gasteiger partial charge in [0.25, 0.3) is 0 Å². The number of fused-ring (bicyclic) bond motifs is 1. The second kappa shape index (κ2) is 10.1. The number of pyridine rings is 2. The van der Waals surface area contributed by atoms with Crippen LogP contribution in [0.15, 0.2) is 73.3 Å². The van der Waals surface area contributed by atoms with Crippen LogP contribution in [0.4, 0.5) is 5.82 Å². The van der Waals surface area contributed by atoms with E-state index in [1.54, 1.807) is 18.7 Å². The lowest BCUT2D eigenvalue weighted by molar-refractivity contribution is 0.145. The molecule has 0 amide bonds. The van der Waals surface area contributed by atoms with Crippen LogP contribution in [-0.2, 0) is 13.5 Å². The Morgan fingerprint density at radius 1 is 1.05 bits per heavy atom. The Morgan fingerprint density at radius 3 is 2.58 bits per heavy atom. The van der Waals surface area contributed by atoms with Crippen LogP contribution < -0.4 is 4.90 Å². The molecule has 1 aliphatic rings. The summed E-state index contributed by atoms with van der Waals surface area (Å²) in [4.78, 5) is 15.8. The molecule has 0 atom stereocenters. The lowest BCUT2D eigenvalue weighted by atomic mass is 9.98. The van der Waals surface area contributed by atoms with Gasteiger partial charge in [-0.2, -0.15) is 0 Å². The number of anilines is 1. The molecule has 1 saturated heterocycles. The first-order valence-electron chi connectivity index (χ1n) is 12.7. The number of rotatable bonds is 5. The first kappa shape index (κ1) is 24.4. The Bertz CT molecular complexity index is 1610. The Balaban J connectivity index is 1.42. The molecular weight excluding hydrogens is 498 g/mol. The smallest absolute Gasteiger partial charge is 0.146 e. The van der Waals surface area contributed by atoms with Gasteiger partial charge in [0.05, 0.1) is 34.9 Å². The number of halogens is 1. The summed E-state index contributed by atoms with van der Waals surface area (Å²) in [5.41, 5.74) is 5.75. The van der Waals surface area contributed by atoms with E-state index < -0.39 is 0 Å². The van der Waals surface area contributed by atoms with Crippen molar-refractivity contribution < 1.29 is 10.2 Å². The minimum atomic E-state index is -0.270. The lowest BCUT2D eigenvalue weighted by Gasteiger charge is -2.32. The molecule has 38 heavy (non-hydrogen) atoms. The zero-order chi connectivity index (χ0) is 26.2. The van der Waals surface area contributed by atoms with Gasteiger partial charge in [0.1, 0.15) is 17.3 Å². The molecule has 6 rings (SSSR count). The van der Waals surface area contributed by atoms with Gasteiger partial charge in [-0.15, -0.1) is 0 Å². The summed E-state index contributed by atoms with van der Waals surface area (Å²) in [7, 11) is 1.87. The topological polar surface area (TPSA) is 87.3 Å². The Labute approximate surface area is 226 Å². The number of nitrogens with zero attached hydrogens (tertiary/aromatic N) is 5. The molecule has 4 heterocycles. The van der Waals surface area contributed by atoms with Gasteiger partial charge >= 0.3 is 0 Å². The largest absolute Gasteiger partial charge is 0.505 e. The van der Waals surface area contributed by atoms with Crippen LogP contribution in [0.5, 0.6) is 5.75 Å². The molecular formula is C30H28ClN5O2. The van der Waals surface area contributed by atoms with Crippen molar-refractivity contribution in [2.75, 3.05) is 18.0 Å². The highest BCUT2D eigenvalue weighted by molar-refractivity contribution is 6.38. The standard InChI is InChI=1S/C30H28ClN5O2/c1-35-18-32-17-25(35)28-29(38)21(9-12-33-28)15-19-7-8-24-23(16-19)27(31)26(20-5-3-2-4-6-20)30(34-24)36-13-10-22(37)11-14-36/h2-9,12,16-18,22,37-38H,10-11,13-15H2,1H3. The second-order valence-electron chi connectivity index (χ2n) is 9.79. The monoisotopic (exact) mass is 525 g/mol. The fraction of sp³-hybridized carbons (Fsp3) is 0.233. The molecule has 7 nitrogen and oxygen atoms in total. The average molecular weight is 526 g/mol. The predicted octanol–water partition coefficient (Wildman–Crippen LogP) is 5.61. The third kappa shape index (κ3) is 4.48. The second-order valence-corrected chi connectivity index (χ2v) is 10.2. The number of aryl methyl sites for hydroxylation is 1. The Morgan fingerprint density at radius 2 is 1.84 bits per heavy atom. The molecule has 0 radical (unpaired) electrons. The molecule has 1 fully saturated rings. The number of imidazole rings is 1. The van der Waals surface area contributed by atoms with Gasteiger partial charge in [-0.1, -0.05) is 48.0 Å². The molecule has 0 spiro atoms. The van der Waals surface area contributed by atoms with Gasteiger partial charge in [-0.05, 0) is 42.2 Å². The zero-order valence-electron chi connectivity index (χ0n) is 21.0. The molecule has 2 aromatic carbocycles. The van der Waals surface area contributed by atoms with E-state index in [1.807, 2.05) is 48.0 Å². The van der Waals surface area contributed by atoms with E-state index in [0.29, 0.717) is 30.0 Å². The summed E-state index contributed by atoms with van der Waals surface area (Å²) in [5.74, 6) is 0.994. The number of hydrogen-bond acceptors (Lipinski definition) is 6. The van der Waals surface area contributed by atoms with Gasteiger partial charge in [0.15, 0.2) is 0 Å². The van der Waals surface area contributed by atoms with E-state index in [2.05, 4.69) is 33.1 Å². The molecule has 0 bridgehead atoms. The van der Waals surface area contributed by atoms with Crippen molar-refractivity contribution in [2.45, 2.75) is 25.4 Å². The molecule has 1 aliphatic heterocycles. The number of aliphatic hydroxyl groups is 1. The fourth-order valence-electron chi connectivity index (χ4n) is 5.17. The highest BCUT2D eigenvalue weighted by Gasteiger charge is 2.24. The van der Waals surface area contributed by atoms with Gasteiger partial charge in [-0.25, -0.2) is 9.97 Å². The predicted molar refractivity (Wildman–Crippen MR) is 151 cm³/mol. The molecule has 2 N–H and O–H groups in total. The van der Waals surface area contributed by atoms with Crippen LogP contribution in [-0.4, -0.2) is 48.9 Å². The first-order chi connectivity index (χ1) is 18.5. The summed E-state index contributed by atoms with van der Waals surface area (Å²) < 4.78 is 1.83. The van der Waals surface area contributed by atoms with Crippen molar-refractivity contribution in [2.24, 2.45) is 7.05 Å². The number of piperidine rings is 1. The molecule has 192 valence electrons. The molecule has 3 aromatic heterocycles. The van der Waals surface area contributed by atoms with Crippen molar-refractivity contribution in [1.29, 1.82) is 0 Å². The van der Waals surface area contributed by atoms with Crippen molar-refractivity contribution in [3.8, 4) is 28.3 Å². The van der Waals surface area contributed by atoms with E-state index in [4.69, 9.17) is 16.6 Å². The number of benzene rings is 2. The van der Waals surface area contributed by atoms with Gasteiger partial charge < -0.3 is 19.7 Å². The lowest BCUT2D eigenvalue weighted by Crippen LogP contribution is -2.36. The van der Waals surface area contributed by atoms with Gasteiger partial charge in [0, 0.05) is 49.3 Å². The summed E-state index contributed by atoms with van der Waals surface area (Å²) in [6, 6.07) is 18.0. The third-order valence-electron chi connectivity index (χ3n) is 7.26. The van der Waals surface area contributed by atoms with Gasteiger partial charge in [-0.3, -0.25) is 4.98 Å². The number of aliphatic hydroxyl groups excluding tert-OH is 1. The summed E-state index contributed by atoms with van der Waals surface area (Å²) >= 11 is 7.16. The quantitative estimate of drug-likeness (QED) is 0.310. The van der Waals surface area contributed by atoms with Crippen LogP contribution in [0.25, 0.3) is 33.4 Å². The highest BCUT2D eigenvalue weighted by atomic mass is 35.5. The van der Waals surface area contributed by atoms with Crippen LogP contribution in [0.3, 0.4) is 0 Å². The SMILES string of the molecule is Cn1cncc1-c1nccc(Cc2ccc3nc(N4CCC(O)CC4)c(-c4ccccc4)c(Cl)c3c2)c1O. The van der Waals surface area contributed by atoms with Crippen LogP contribution in [0, 0.1) is 0 Å². The minimum absolute atomic E-state index is 0.146. The number of hydrogen-bond donors (Lipinski definition) is 2. The maximum atomic E-state index is 11.0. The van der Waals surface area contributed by atoms with E-state index in [-0.39, 0.29) is 11.9 Å². The van der Waals surface area contributed by atoms with E-state index in [0.717, 1.165) is 57.8 Å². The molecule has 5 aromatic rings. The molecule has 8 heteroatoms. The maximum absolute atomic E-state index is 11.0. The fourth-order valence-corrected chi connectivity index (χ4v) is 5.51.